The van der Waals surface area contributed by atoms with Crippen LogP contribution < -0.4 is 4.90 Å². The zero-order chi connectivity index (χ0) is 37.7. The standard InChI is InChI=1S/C54H35NO2/c1-4-15-37(16-5-1)42-34-31-40(35-47(42)39-19-8-3-9-20-39)36-29-32-41(33-30-36)55(48-25-14-28-51-52(48)46-21-10-11-27-50(46)56-51)49-26-13-24-45-44-23-12-22-43(53(44)57-54(45)49)38-17-6-2-7-18-38/h1-35H. The molecule has 0 radical (unpaired) electrons. The van der Waals surface area contributed by atoms with E-state index in [1.54, 1.807) is 0 Å². The molecule has 0 bridgehead atoms. The van der Waals surface area contributed by atoms with Gasteiger partial charge < -0.3 is 13.7 Å². The summed E-state index contributed by atoms with van der Waals surface area (Å²) in [5, 5.41) is 4.28. The summed E-state index contributed by atoms with van der Waals surface area (Å²) in [5.74, 6) is 0. The minimum absolute atomic E-state index is 0.828. The van der Waals surface area contributed by atoms with Crippen molar-refractivity contribution in [1.82, 2.24) is 0 Å². The second kappa shape index (κ2) is 13.6. The molecule has 0 amide bonds. The number of anilines is 3. The molecule has 2 heterocycles. The lowest BCUT2D eigenvalue weighted by Crippen LogP contribution is -2.10. The first-order valence-corrected chi connectivity index (χ1v) is 19.3. The normalized spacial score (nSPS) is 11.5. The van der Waals surface area contributed by atoms with E-state index in [4.69, 9.17) is 8.83 Å². The first-order valence-electron chi connectivity index (χ1n) is 19.3. The molecule has 0 N–H and O–H groups in total. The van der Waals surface area contributed by atoms with Crippen LogP contribution in [0.1, 0.15) is 0 Å². The van der Waals surface area contributed by atoms with E-state index in [0.29, 0.717) is 0 Å². The van der Waals surface area contributed by atoms with E-state index in [0.717, 1.165) is 83.2 Å². The number of rotatable bonds is 7. The van der Waals surface area contributed by atoms with Gasteiger partial charge in [0.1, 0.15) is 16.7 Å². The van der Waals surface area contributed by atoms with E-state index in [1.807, 2.05) is 18.2 Å². The van der Waals surface area contributed by atoms with Crippen LogP contribution in [0.25, 0.3) is 88.4 Å². The molecule has 0 aliphatic carbocycles. The SMILES string of the molecule is c1ccc(-c2ccc(-c3ccc(N(c4cccc5c4oc4c(-c6ccccc6)cccc45)c4cccc5oc6ccccc6c45)cc3)cc2-c2ccccc2)cc1. The molecule has 0 aliphatic rings. The Morgan fingerprint density at radius 3 is 1.58 bits per heavy atom. The zero-order valence-electron chi connectivity index (χ0n) is 31.0. The number of nitrogens with zero attached hydrogens (tertiary/aromatic N) is 1. The predicted molar refractivity (Wildman–Crippen MR) is 237 cm³/mol. The Kier molecular flexibility index (Phi) is 7.82. The molecule has 11 aromatic rings. The molecule has 9 aromatic carbocycles. The van der Waals surface area contributed by atoms with Gasteiger partial charge in [0, 0.05) is 27.4 Å². The Balaban J connectivity index is 1.10. The molecule has 0 spiro atoms. The van der Waals surface area contributed by atoms with Gasteiger partial charge in [-0.25, -0.2) is 0 Å². The summed E-state index contributed by atoms with van der Waals surface area (Å²) < 4.78 is 13.4. The average Bonchev–Trinajstić information content (AvgIpc) is 3.87. The van der Waals surface area contributed by atoms with Gasteiger partial charge in [0.2, 0.25) is 0 Å². The number of hydrogen-bond acceptors (Lipinski definition) is 3. The Labute approximate surface area is 330 Å². The van der Waals surface area contributed by atoms with Gasteiger partial charge in [-0.1, -0.05) is 170 Å². The molecule has 2 aromatic heterocycles. The lowest BCUT2D eigenvalue weighted by atomic mass is 9.91. The highest BCUT2D eigenvalue weighted by molar-refractivity contribution is 6.17. The molecule has 0 fully saturated rings. The van der Waals surface area contributed by atoms with Crippen LogP contribution >= 0.6 is 0 Å². The van der Waals surface area contributed by atoms with Gasteiger partial charge in [-0.2, -0.15) is 0 Å². The van der Waals surface area contributed by atoms with E-state index in [1.165, 1.54) is 22.3 Å². The van der Waals surface area contributed by atoms with Crippen LogP contribution in [0.3, 0.4) is 0 Å². The van der Waals surface area contributed by atoms with Crippen LogP contribution in [0.5, 0.6) is 0 Å². The van der Waals surface area contributed by atoms with Crippen molar-refractivity contribution in [3.63, 3.8) is 0 Å². The van der Waals surface area contributed by atoms with Crippen LogP contribution in [0.15, 0.2) is 221 Å². The highest BCUT2D eigenvalue weighted by Crippen LogP contribution is 2.47. The topological polar surface area (TPSA) is 29.5 Å². The fourth-order valence-electron chi connectivity index (χ4n) is 8.43. The van der Waals surface area contributed by atoms with Crippen molar-refractivity contribution in [2.75, 3.05) is 4.90 Å². The summed E-state index contributed by atoms with van der Waals surface area (Å²) in [7, 11) is 0. The summed E-state index contributed by atoms with van der Waals surface area (Å²) in [6, 6.07) is 75.0. The van der Waals surface area contributed by atoms with Crippen molar-refractivity contribution in [1.29, 1.82) is 0 Å². The highest BCUT2D eigenvalue weighted by Gasteiger charge is 2.24. The molecule has 3 nitrogen and oxygen atoms in total. The molecular weight excluding hydrogens is 695 g/mol. The summed E-state index contributed by atoms with van der Waals surface area (Å²) in [4.78, 5) is 2.33. The fourth-order valence-corrected chi connectivity index (χ4v) is 8.43. The largest absolute Gasteiger partial charge is 0.456 e. The molecule has 11 rings (SSSR count). The van der Waals surface area contributed by atoms with Crippen molar-refractivity contribution in [2.45, 2.75) is 0 Å². The van der Waals surface area contributed by atoms with Crippen LogP contribution in [0.4, 0.5) is 17.1 Å². The molecule has 0 atom stereocenters. The summed E-state index contributed by atoms with van der Waals surface area (Å²) >= 11 is 0. The van der Waals surface area contributed by atoms with Gasteiger partial charge in [-0.3, -0.25) is 0 Å². The van der Waals surface area contributed by atoms with Crippen molar-refractivity contribution in [3.05, 3.63) is 212 Å². The van der Waals surface area contributed by atoms with Gasteiger partial charge in [-0.05, 0) is 81.4 Å². The Hall–Kier alpha value is -7.62. The third-order valence-electron chi connectivity index (χ3n) is 11.1. The molecule has 3 heteroatoms. The Bertz CT molecular complexity index is 3220. The number of benzene rings is 9. The Morgan fingerprint density at radius 2 is 0.842 bits per heavy atom. The molecule has 0 unspecified atom stereocenters. The van der Waals surface area contributed by atoms with Crippen LogP contribution in [0, 0.1) is 0 Å². The zero-order valence-corrected chi connectivity index (χ0v) is 31.0. The molecular formula is C54H35NO2. The van der Waals surface area contributed by atoms with Crippen molar-refractivity contribution >= 4 is 60.9 Å². The molecule has 0 aliphatic heterocycles. The van der Waals surface area contributed by atoms with Crippen LogP contribution in [-0.2, 0) is 0 Å². The monoisotopic (exact) mass is 729 g/mol. The second-order valence-corrected chi connectivity index (χ2v) is 14.4. The molecule has 57 heavy (non-hydrogen) atoms. The quantitative estimate of drug-likeness (QED) is 0.164. The van der Waals surface area contributed by atoms with Gasteiger partial charge in [-0.15, -0.1) is 0 Å². The van der Waals surface area contributed by atoms with E-state index in [2.05, 4.69) is 199 Å². The van der Waals surface area contributed by atoms with Crippen LogP contribution in [-0.4, -0.2) is 0 Å². The lowest BCUT2D eigenvalue weighted by molar-refractivity contribution is 0.668. The summed E-state index contributed by atoms with van der Waals surface area (Å²) in [5.41, 5.74) is 15.7. The number of fused-ring (bicyclic) bond motifs is 6. The smallest absolute Gasteiger partial charge is 0.159 e. The van der Waals surface area contributed by atoms with Crippen molar-refractivity contribution < 1.29 is 8.83 Å². The lowest BCUT2D eigenvalue weighted by Gasteiger charge is -2.26. The third kappa shape index (κ3) is 5.60. The molecule has 0 saturated heterocycles. The van der Waals surface area contributed by atoms with Crippen molar-refractivity contribution in [2.24, 2.45) is 0 Å². The fraction of sp³-hybridized carbons (Fsp3) is 0. The third-order valence-corrected chi connectivity index (χ3v) is 11.1. The van der Waals surface area contributed by atoms with Crippen molar-refractivity contribution in [3.8, 4) is 44.5 Å². The number of para-hydroxylation sites is 3. The summed E-state index contributed by atoms with van der Waals surface area (Å²) in [6.07, 6.45) is 0. The van der Waals surface area contributed by atoms with E-state index < -0.39 is 0 Å². The van der Waals surface area contributed by atoms with E-state index in [9.17, 15) is 0 Å². The highest BCUT2D eigenvalue weighted by atomic mass is 16.3. The van der Waals surface area contributed by atoms with E-state index in [-0.39, 0.29) is 0 Å². The Morgan fingerprint density at radius 1 is 0.298 bits per heavy atom. The minimum Gasteiger partial charge on any atom is -0.456 e. The maximum Gasteiger partial charge on any atom is 0.159 e. The van der Waals surface area contributed by atoms with Gasteiger partial charge in [0.15, 0.2) is 5.58 Å². The van der Waals surface area contributed by atoms with Gasteiger partial charge in [0.25, 0.3) is 0 Å². The number of furan rings is 2. The first kappa shape index (κ1) is 32.8. The van der Waals surface area contributed by atoms with Gasteiger partial charge in [0.05, 0.1) is 16.8 Å². The molecule has 268 valence electrons. The van der Waals surface area contributed by atoms with Crippen LogP contribution in [0.2, 0.25) is 0 Å². The van der Waals surface area contributed by atoms with E-state index >= 15 is 0 Å². The minimum atomic E-state index is 0.828. The number of hydrogen-bond donors (Lipinski definition) is 0. The first-order chi connectivity index (χ1) is 28.3. The molecule has 0 saturated carbocycles. The average molecular weight is 730 g/mol. The maximum atomic E-state index is 7.00. The summed E-state index contributed by atoms with van der Waals surface area (Å²) in [6.45, 7) is 0. The second-order valence-electron chi connectivity index (χ2n) is 14.4. The van der Waals surface area contributed by atoms with Gasteiger partial charge >= 0.3 is 0 Å². The predicted octanol–water partition coefficient (Wildman–Crippen LogP) is 15.6. The maximum absolute atomic E-state index is 7.00.